The number of anilines is 1. The van der Waals surface area contributed by atoms with Gasteiger partial charge in [0.25, 0.3) is 5.91 Å². The molecule has 2 heterocycles. The van der Waals surface area contributed by atoms with E-state index in [1.54, 1.807) is 11.1 Å². The van der Waals surface area contributed by atoms with Crippen molar-refractivity contribution < 1.29 is 13.2 Å². The molecule has 1 aromatic rings. The minimum Gasteiger partial charge on any atom is -0.349 e. The number of sulfonamides is 1. The number of nitrogens with zero attached hydrogens (tertiary/aromatic N) is 4. The van der Waals surface area contributed by atoms with Crippen LogP contribution in [-0.4, -0.2) is 68.1 Å². The number of hydrogen-bond donors (Lipinski definition) is 1. The lowest BCUT2D eigenvalue weighted by molar-refractivity contribution is 0.0931. The Balaban J connectivity index is 1.85. The lowest BCUT2D eigenvalue weighted by atomic mass is 9.99. The molecule has 3 rings (SSSR count). The number of hydrogen-bond acceptors (Lipinski definition) is 6. The summed E-state index contributed by atoms with van der Waals surface area (Å²) < 4.78 is 25.3. The maximum atomic E-state index is 13.0. The van der Waals surface area contributed by atoms with Gasteiger partial charge < -0.3 is 10.2 Å². The largest absolute Gasteiger partial charge is 0.349 e. The van der Waals surface area contributed by atoms with Gasteiger partial charge in [0, 0.05) is 45.3 Å². The molecule has 2 fully saturated rings. The molecule has 0 spiro atoms. The first-order chi connectivity index (χ1) is 13.3. The predicted molar refractivity (Wildman–Crippen MR) is 109 cm³/mol. The van der Waals surface area contributed by atoms with Crippen LogP contribution in [0, 0.1) is 0 Å². The first-order valence-corrected chi connectivity index (χ1v) is 11.9. The standard InChI is InChI=1S/C19H31N5O3S/c1-23(2)19-20-12-16(18(25)21-15-8-6-4-5-7-9-15)17(22-19)14-10-11-24(13-14)28(3,26)27/h12,14-15H,4-11,13H2,1-3H3,(H,21,25). The van der Waals surface area contributed by atoms with Crippen molar-refractivity contribution in [3.63, 3.8) is 0 Å². The molecule has 0 bridgehead atoms. The van der Waals surface area contributed by atoms with Gasteiger partial charge in [-0.1, -0.05) is 25.7 Å². The molecule has 1 saturated heterocycles. The van der Waals surface area contributed by atoms with Crippen LogP contribution in [0.15, 0.2) is 6.20 Å². The zero-order valence-electron chi connectivity index (χ0n) is 17.0. The minimum atomic E-state index is -3.25. The third kappa shape index (κ3) is 5.00. The Morgan fingerprint density at radius 2 is 1.86 bits per heavy atom. The van der Waals surface area contributed by atoms with Gasteiger partial charge in [0.1, 0.15) is 0 Å². The molecule has 1 aliphatic carbocycles. The highest BCUT2D eigenvalue weighted by atomic mass is 32.2. The van der Waals surface area contributed by atoms with Crippen LogP contribution >= 0.6 is 0 Å². The summed E-state index contributed by atoms with van der Waals surface area (Å²) >= 11 is 0. The minimum absolute atomic E-state index is 0.105. The van der Waals surface area contributed by atoms with Gasteiger partial charge in [0.15, 0.2) is 0 Å². The molecule has 1 saturated carbocycles. The number of carbonyl (C=O) groups is 1. The average molecular weight is 410 g/mol. The SMILES string of the molecule is CN(C)c1ncc(C(=O)NC2CCCCCC2)c(C2CCN(S(C)(=O)=O)C2)n1. The quantitative estimate of drug-likeness (QED) is 0.745. The van der Waals surface area contributed by atoms with E-state index in [-0.39, 0.29) is 17.9 Å². The van der Waals surface area contributed by atoms with Gasteiger partial charge >= 0.3 is 0 Å². The number of rotatable bonds is 5. The Hall–Kier alpha value is -1.74. The molecule has 8 nitrogen and oxygen atoms in total. The number of aromatic nitrogens is 2. The van der Waals surface area contributed by atoms with Crippen molar-refractivity contribution in [2.75, 3.05) is 38.3 Å². The van der Waals surface area contributed by atoms with Gasteiger partial charge in [0.05, 0.1) is 17.5 Å². The third-order valence-electron chi connectivity index (χ3n) is 5.65. The molecular formula is C19H31N5O3S. The van der Waals surface area contributed by atoms with Gasteiger partial charge in [-0.05, 0) is 19.3 Å². The zero-order chi connectivity index (χ0) is 20.3. The first kappa shape index (κ1) is 21.0. The summed E-state index contributed by atoms with van der Waals surface area (Å²) in [5.74, 6) is 0.273. The fraction of sp³-hybridized carbons (Fsp3) is 0.737. The topological polar surface area (TPSA) is 95.5 Å². The Bertz CT molecular complexity index is 804. The molecule has 0 aromatic carbocycles. The van der Waals surface area contributed by atoms with Crippen molar-refractivity contribution >= 4 is 21.9 Å². The smallest absolute Gasteiger partial charge is 0.254 e. The third-order valence-corrected chi connectivity index (χ3v) is 6.92. The van der Waals surface area contributed by atoms with E-state index in [9.17, 15) is 13.2 Å². The van der Waals surface area contributed by atoms with Crippen molar-refractivity contribution in [3.05, 3.63) is 17.5 Å². The Kier molecular flexibility index (Phi) is 6.54. The van der Waals surface area contributed by atoms with Crippen molar-refractivity contribution in [1.82, 2.24) is 19.6 Å². The van der Waals surface area contributed by atoms with Crippen molar-refractivity contribution in [3.8, 4) is 0 Å². The number of carbonyl (C=O) groups excluding carboxylic acids is 1. The molecule has 9 heteroatoms. The summed E-state index contributed by atoms with van der Waals surface area (Å²) in [6.07, 6.45) is 10.2. The van der Waals surface area contributed by atoms with Gasteiger partial charge in [-0.25, -0.2) is 22.7 Å². The predicted octanol–water partition coefficient (Wildman–Crippen LogP) is 1.74. The summed E-state index contributed by atoms with van der Waals surface area (Å²) in [5, 5.41) is 3.16. The van der Waals surface area contributed by atoms with Crippen molar-refractivity contribution in [1.29, 1.82) is 0 Å². The molecule has 0 radical (unpaired) electrons. The molecule has 1 aromatic heterocycles. The first-order valence-electron chi connectivity index (χ1n) is 10.1. The van der Waals surface area contributed by atoms with E-state index >= 15 is 0 Å². The van der Waals surface area contributed by atoms with Crippen LogP contribution in [-0.2, 0) is 10.0 Å². The summed E-state index contributed by atoms with van der Waals surface area (Å²) in [5.41, 5.74) is 1.12. The molecule has 1 N–H and O–H groups in total. The Morgan fingerprint density at radius 1 is 1.18 bits per heavy atom. The molecular weight excluding hydrogens is 378 g/mol. The molecule has 28 heavy (non-hydrogen) atoms. The fourth-order valence-electron chi connectivity index (χ4n) is 4.03. The zero-order valence-corrected chi connectivity index (χ0v) is 17.8. The van der Waals surface area contributed by atoms with Gasteiger partial charge in [-0.3, -0.25) is 4.79 Å². The fourth-order valence-corrected chi connectivity index (χ4v) is 4.91. The second-order valence-electron chi connectivity index (χ2n) is 8.13. The summed E-state index contributed by atoms with van der Waals surface area (Å²) in [4.78, 5) is 23.8. The molecule has 156 valence electrons. The van der Waals surface area contributed by atoms with E-state index in [1.165, 1.54) is 23.4 Å². The lowest BCUT2D eigenvalue weighted by Crippen LogP contribution is -2.35. The van der Waals surface area contributed by atoms with Crippen LogP contribution in [0.3, 0.4) is 0 Å². The van der Waals surface area contributed by atoms with E-state index < -0.39 is 10.0 Å². The van der Waals surface area contributed by atoms with E-state index in [1.807, 2.05) is 14.1 Å². The summed E-state index contributed by atoms with van der Waals surface area (Å²) in [7, 11) is 0.447. The molecule has 1 atom stereocenters. The normalized spacial score (nSPS) is 22.0. The maximum Gasteiger partial charge on any atom is 0.254 e. The molecule has 1 unspecified atom stereocenters. The highest BCUT2D eigenvalue weighted by Gasteiger charge is 2.33. The Labute approximate surface area is 167 Å². The second-order valence-corrected chi connectivity index (χ2v) is 10.1. The van der Waals surface area contributed by atoms with Gasteiger partial charge in [0.2, 0.25) is 16.0 Å². The Morgan fingerprint density at radius 3 is 2.43 bits per heavy atom. The van der Waals surface area contributed by atoms with Crippen LogP contribution in [0.2, 0.25) is 0 Å². The van der Waals surface area contributed by atoms with Crippen LogP contribution in [0.5, 0.6) is 0 Å². The maximum absolute atomic E-state index is 13.0. The van der Waals surface area contributed by atoms with Gasteiger partial charge in [-0.15, -0.1) is 0 Å². The highest BCUT2D eigenvalue weighted by molar-refractivity contribution is 7.88. The van der Waals surface area contributed by atoms with E-state index in [4.69, 9.17) is 0 Å². The van der Waals surface area contributed by atoms with E-state index in [0.717, 1.165) is 25.7 Å². The van der Waals surface area contributed by atoms with Crippen LogP contribution in [0.1, 0.15) is 66.9 Å². The van der Waals surface area contributed by atoms with E-state index in [0.29, 0.717) is 36.7 Å². The molecule has 2 aliphatic rings. The number of amides is 1. The molecule has 1 aliphatic heterocycles. The second kappa shape index (κ2) is 8.73. The highest BCUT2D eigenvalue weighted by Crippen LogP contribution is 2.30. The summed E-state index contributed by atoms with van der Waals surface area (Å²) in [6.45, 7) is 0.806. The van der Waals surface area contributed by atoms with Crippen molar-refractivity contribution in [2.45, 2.75) is 56.9 Å². The molecule has 1 amide bonds. The average Bonchev–Trinajstić information content (AvgIpc) is 3.01. The van der Waals surface area contributed by atoms with Crippen LogP contribution < -0.4 is 10.2 Å². The van der Waals surface area contributed by atoms with Crippen molar-refractivity contribution in [2.24, 2.45) is 0 Å². The monoisotopic (exact) mass is 409 g/mol. The van der Waals surface area contributed by atoms with Crippen LogP contribution in [0.25, 0.3) is 0 Å². The van der Waals surface area contributed by atoms with Crippen LogP contribution in [0.4, 0.5) is 5.95 Å². The number of nitrogens with one attached hydrogen (secondary N) is 1. The lowest BCUT2D eigenvalue weighted by Gasteiger charge is -2.20. The van der Waals surface area contributed by atoms with Gasteiger partial charge in [-0.2, -0.15) is 0 Å². The van der Waals surface area contributed by atoms with E-state index in [2.05, 4.69) is 15.3 Å². The summed E-state index contributed by atoms with van der Waals surface area (Å²) in [6, 6.07) is 0.187.